The Balaban J connectivity index is 2.26. The van der Waals surface area contributed by atoms with Gasteiger partial charge in [-0.2, -0.15) is 0 Å². The smallest absolute Gasteiger partial charge is 0.221 e. The summed E-state index contributed by atoms with van der Waals surface area (Å²) in [4.78, 5) is 11.0. The highest BCUT2D eigenvalue weighted by Crippen LogP contribution is 2.24. The standard InChI is InChI=1S/C15H16FN3O/c1-10(20)18-11-4-2-5-12(8-11)19-15-7-3-6-14(16)13(15)9-17/h2-8,19H,9,17H2,1H3,(H,18,20). The van der Waals surface area contributed by atoms with Gasteiger partial charge in [-0.05, 0) is 30.3 Å². The van der Waals surface area contributed by atoms with E-state index in [2.05, 4.69) is 10.6 Å². The summed E-state index contributed by atoms with van der Waals surface area (Å²) < 4.78 is 13.6. The fraction of sp³-hybridized carbons (Fsp3) is 0.133. The molecule has 0 fully saturated rings. The molecule has 0 saturated carbocycles. The van der Waals surface area contributed by atoms with E-state index in [0.717, 1.165) is 5.69 Å². The summed E-state index contributed by atoms with van der Waals surface area (Å²) in [5.41, 5.74) is 8.03. The Hall–Kier alpha value is -2.40. The minimum absolute atomic E-state index is 0.112. The predicted molar refractivity (Wildman–Crippen MR) is 78.3 cm³/mol. The number of benzene rings is 2. The number of carbonyl (C=O) groups excluding carboxylic acids is 1. The number of carbonyl (C=O) groups is 1. The van der Waals surface area contributed by atoms with Crippen LogP contribution in [0.4, 0.5) is 21.5 Å². The molecule has 0 unspecified atom stereocenters. The molecule has 2 aromatic carbocycles. The van der Waals surface area contributed by atoms with Crippen LogP contribution < -0.4 is 16.4 Å². The summed E-state index contributed by atoms with van der Waals surface area (Å²) in [6, 6.07) is 11.9. The van der Waals surface area contributed by atoms with Gasteiger partial charge in [0.25, 0.3) is 0 Å². The van der Waals surface area contributed by atoms with Crippen molar-refractivity contribution in [2.75, 3.05) is 10.6 Å². The third-order valence-electron chi connectivity index (χ3n) is 2.78. The highest BCUT2D eigenvalue weighted by atomic mass is 19.1. The van der Waals surface area contributed by atoms with Crippen LogP contribution in [0.5, 0.6) is 0 Å². The molecular formula is C15H16FN3O. The Morgan fingerprint density at radius 2 is 1.90 bits per heavy atom. The van der Waals surface area contributed by atoms with Crippen LogP contribution in [0.25, 0.3) is 0 Å². The minimum Gasteiger partial charge on any atom is -0.355 e. The molecule has 104 valence electrons. The number of amides is 1. The summed E-state index contributed by atoms with van der Waals surface area (Å²) in [5.74, 6) is -0.480. The molecule has 0 saturated heterocycles. The van der Waals surface area contributed by atoms with Gasteiger partial charge in [0.1, 0.15) is 5.82 Å². The maximum absolute atomic E-state index is 13.6. The predicted octanol–water partition coefficient (Wildman–Crippen LogP) is 2.99. The first kappa shape index (κ1) is 14.0. The van der Waals surface area contributed by atoms with Gasteiger partial charge in [0, 0.05) is 36.1 Å². The largest absolute Gasteiger partial charge is 0.355 e. The highest BCUT2D eigenvalue weighted by molar-refractivity contribution is 5.89. The topological polar surface area (TPSA) is 67.2 Å². The fourth-order valence-electron chi connectivity index (χ4n) is 1.92. The highest BCUT2D eigenvalue weighted by Gasteiger charge is 2.07. The fourth-order valence-corrected chi connectivity index (χ4v) is 1.92. The normalized spacial score (nSPS) is 10.2. The van der Waals surface area contributed by atoms with Crippen molar-refractivity contribution in [2.45, 2.75) is 13.5 Å². The van der Waals surface area contributed by atoms with Crippen molar-refractivity contribution in [2.24, 2.45) is 5.73 Å². The van der Waals surface area contributed by atoms with Crippen LogP contribution in [-0.4, -0.2) is 5.91 Å². The first-order valence-electron chi connectivity index (χ1n) is 6.22. The molecular weight excluding hydrogens is 257 g/mol. The molecule has 0 aliphatic carbocycles. The lowest BCUT2D eigenvalue weighted by Crippen LogP contribution is -2.07. The average Bonchev–Trinajstić information content (AvgIpc) is 2.38. The second kappa shape index (κ2) is 6.16. The van der Waals surface area contributed by atoms with Crippen molar-refractivity contribution in [3.8, 4) is 0 Å². The van der Waals surface area contributed by atoms with Crippen LogP contribution in [0.15, 0.2) is 42.5 Å². The third-order valence-corrected chi connectivity index (χ3v) is 2.78. The van der Waals surface area contributed by atoms with Crippen LogP contribution in [0.1, 0.15) is 12.5 Å². The number of nitrogens with two attached hydrogens (primary N) is 1. The molecule has 0 radical (unpaired) electrons. The van der Waals surface area contributed by atoms with Crippen molar-refractivity contribution >= 4 is 23.0 Å². The second-order valence-electron chi connectivity index (χ2n) is 4.36. The summed E-state index contributed by atoms with van der Waals surface area (Å²) in [5, 5.41) is 5.80. The van der Waals surface area contributed by atoms with Crippen LogP contribution >= 0.6 is 0 Å². The Kier molecular flexibility index (Phi) is 4.32. The van der Waals surface area contributed by atoms with E-state index in [0.29, 0.717) is 16.9 Å². The van der Waals surface area contributed by atoms with Crippen LogP contribution in [0.2, 0.25) is 0 Å². The lowest BCUT2D eigenvalue weighted by molar-refractivity contribution is -0.114. The summed E-state index contributed by atoms with van der Waals surface area (Å²) in [7, 11) is 0. The van der Waals surface area contributed by atoms with Gasteiger partial charge in [0.15, 0.2) is 0 Å². The lowest BCUT2D eigenvalue weighted by atomic mass is 10.1. The van der Waals surface area contributed by atoms with Crippen molar-refractivity contribution in [1.82, 2.24) is 0 Å². The van der Waals surface area contributed by atoms with E-state index in [1.807, 2.05) is 6.07 Å². The number of nitrogens with one attached hydrogen (secondary N) is 2. The van der Waals surface area contributed by atoms with E-state index < -0.39 is 0 Å². The van der Waals surface area contributed by atoms with Gasteiger partial charge in [-0.25, -0.2) is 4.39 Å². The number of rotatable bonds is 4. The van der Waals surface area contributed by atoms with Gasteiger partial charge in [0.05, 0.1) is 0 Å². The SMILES string of the molecule is CC(=O)Nc1cccc(Nc2cccc(F)c2CN)c1. The molecule has 0 atom stereocenters. The van der Waals surface area contributed by atoms with Gasteiger partial charge in [-0.3, -0.25) is 4.79 Å². The molecule has 0 heterocycles. The van der Waals surface area contributed by atoms with E-state index in [-0.39, 0.29) is 18.3 Å². The van der Waals surface area contributed by atoms with Crippen molar-refractivity contribution < 1.29 is 9.18 Å². The average molecular weight is 273 g/mol. The number of anilines is 3. The Labute approximate surface area is 116 Å². The molecule has 0 spiro atoms. The van der Waals surface area contributed by atoms with Gasteiger partial charge in [-0.15, -0.1) is 0 Å². The molecule has 2 rings (SSSR count). The molecule has 4 N–H and O–H groups in total. The molecule has 20 heavy (non-hydrogen) atoms. The zero-order valence-corrected chi connectivity index (χ0v) is 11.1. The minimum atomic E-state index is -0.337. The van der Waals surface area contributed by atoms with Crippen molar-refractivity contribution in [1.29, 1.82) is 0 Å². The van der Waals surface area contributed by atoms with E-state index >= 15 is 0 Å². The first-order chi connectivity index (χ1) is 9.60. The monoisotopic (exact) mass is 273 g/mol. The van der Waals surface area contributed by atoms with Gasteiger partial charge in [-0.1, -0.05) is 12.1 Å². The van der Waals surface area contributed by atoms with Gasteiger partial charge >= 0.3 is 0 Å². The van der Waals surface area contributed by atoms with Gasteiger partial charge < -0.3 is 16.4 Å². The second-order valence-corrected chi connectivity index (χ2v) is 4.36. The molecule has 0 aromatic heterocycles. The molecule has 0 aliphatic rings. The zero-order chi connectivity index (χ0) is 14.5. The van der Waals surface area contributed by atoms with E-state index in [4.69, 9.17) is 5.73 Å². The maximum Gasteiger partial charge on any atom is 0.221 e. The van der Waals surface area contributed by atoms with E-state index in [1.165, 1.54) is 13.0 Å². The summed E-state index contributed by atoms with van der Waals surface area (Å²) in [6.45, 7) is 1.56. The molecule has 5 heteroatoms. The third kappa shape index (κ3) is 3.33. The Bertz CT molecular complexity index is 628. The number of hydrogen-bond acceptors (Lipinski definition) is 3. The Morgan fingerprint density at radius 1 is 1.20 bits per heavy atom. The Morgan fingerprint density at radius 3 is 2.60 bits per heavy atom. The zero-order valence-electron chi connectivity index (χ0n) is 11.1. The molecule has 4 nitrogen and oxygen atoms in total. The van der Waals surface area contributed by atoms with Crippen molar-refractivity contribution in [3.05, 3.63) is 53.8 Å². The van der Waals surface area contributed by atoms with Gasteiger partial charge in [0.2, 0.25) is 5.91 Å². The molecule has 0 bridgehead atoms. The molecule has 2 aromatic rings. The van der Waals surface area contributed by atoms with Crippen LogP contribution in [0, 0.1) is 5.82 Å². The van der Waals surface area contributed by atoms with E-state index in [9.17, 15) is 9.18 Å². The number of hydrogen-bond donors (Lipinski definition) is 3. The summed E-state index contributed by atoms with van der Waals surface area (Å²) in [6.07, 6.45) is 0. The quantitative estimate of drug-likeness (QED) is 0.802. The maximum atomic E-state index is 13.6. The first-order valence-corrected chi connectivity index (χ1v) is 6.22. The number of halogens is 1. The molecule has 1 amide bonds. The van der Waals surface area contributed by atoms with Crippen molar-refractivity contribution in [3.63, 3.8) is 0 Å². The van der Waals surface area contributed by atoms with Crippen LogP contribution in [-0.2, 0) is 11.3 Å². The van der Waals surface area contributed by atoms with E-state index in [1.54, 1.807) is 30.3 Å². The lowest BCUT2D eigenvalue weighted by Gasteiger charge is -2.12. The van der Waals surface area contributed by atoms with Crippen LogP contribution in [0.3, 0.4) is 0 Å². The summed E-state index contributed by atoms with van der Waals surface area (Å²) >= 11 is 0. The molecule has 0 aliphatic heterocycles.